The Bertz CT molecular complexity index is 144. The Morgan fingerprint density at radius 3 is 2.58 bits per heavy atom. The van der Waals surface area contributed by atoms with Crippen LogP contribution in [0.1, 0.15) is 19.8 Å². The molecule has 3 N–H and O–H groups in total. The van der Waals surface area contributed by atoms with Crippen LogP contribution < -0.4 is 11.3 Å². The molecule has 0 aliphatic rings. The zero-order valence-electron chi connectivity index (χ0n) is 6.72. The van der Waals surface area contributed by atoms with Crippen LogP contribution in [0.4, 0.5) is 8.78 Å². The molecule has 0 saturated carbocycles. The van der Waals surface area contributed by atoms with Gasteiger partial charge in [0.15, 0.2) is 0 Å². The number of hydrogen-bond donors (Lipinski definition) is 2. The Labute approximate surface area is 69.0 Å². The largest absolute Gasteiger partial charge is 0.346 e. The van der Waals surface area contributed by atoms with Crippen LogP contribution in [0.5, 0.6) is 0 Å². The summed E-state index contributed by atoms with van der Waals surface area (Å²) in [5.41, 5.74) is 1.76. The molecule has 0 aliphatic carbocycles. The number of alkyl halides is 2. The van der Waals surface area contributed by atoms with E-state index in [-0.39, 0.29) is 6.42 Å². The molecule has 0 aromatic carbocycles. The molecule has 72 valence electrons. The first kappa shape index (κ1) is 11.2. The third kappa shape index (κ3) is 4.20. The molecule has 1 amide bonds. The maximum absolute atomic E-state index is 11.7. The fourth-order valence-electron chi connectivity index (χ4n) is 0.740. The van der Waals surface area contributed by atoms with Crippen LogP contribution in [0.2, 0.25) is 0 Å². The minimum absolute atomic E-state index is 0.230. The van der Waals surface area contributed by atoms with Crippen molar-refractivity contribution in [1.29, 1.82) is 0 Å². The van der Waals surface area contributed by atoms with Crippen LogP contribution in [0, 0.1) is 0 Å². The molecule has 12 heavy (non-hydrogen) atoms. The monoisotopic (exact) mass is 182 g/mol. The first-order chi connectivity index (χ1) is 5.61. The number of ether oxygens (including phenoxy) is 1. The molecule has 0 aromatic heterocycles. The number of carbonyl (C=O) groups is 1. The zero-order chi connectivity index (χ0) is 9.56. The Balaban J connectivity index is 3.94. The lowest BCUT2D eigenvalue weighted by Crippen LogP contribution is -2.41. The number of carbonyl (C=O) groups excluding carboxylic acids is 1. The summed E-state index contributed by atoms with van der Waals surface area (Å²) in [5, 5.41) is 0. The van der Waals surface area contributed by atoms with E-state index in [0.717, 1.165) is 0 Å². The van der Waals surface area contributed by atoms with Crippen LogP contribution in [0.25, 0.3) is 0 Å². The zero-order valence-corrected chi connectivity index (χ0v) is 6.72. The molecule has 0 heterocycles. The van der Waals surface area contributed by atoms with Crippen molar-refractivity contribution >= 4 is 5.91 Å². The van der Waals surface area contributed by atoms with Gasteiger partial charge >= 0.3 is 6.61 Å². The van der Waals surface area contributed by atoms with Gasteiger partial charge in [0.25, 0.3) is 5.91 Å². The highest BCUT2D eigenvalue weighted by Crippen LogP contribution is 2.07. The van der Waals surface area contributed by atoms with Gasteiger partial charge in [0.1, 0.15) is 6.10 Å². The molecule has 0 radical (unpaired) electrons. The lowest BCUT2D eigenvalue weighted by molar-refractivity contribution is -0.176. The third-order valence-corrected chi connectivity index (χ3v) is 1.25. The maximum Gasteiger partial charge on any atom is 0.346 e. The SMILES string of the molecule is CCCC(OC(F)F)C(=O)NN. The molecule has 0 fully saturated rings. The molecule has 0 aliphatic heterocycles. The highest BCUT2D eigenvalue weighted by molar-refractivity contribution is 5.80. The number of nitrogens with one attached hydrogen (secondary N) is 1. The van der Waals surface area contributed by atoms with Crippen LogP contribution in [-0.4, -0.2) is 18.6 Å². The summed E-state index contributed by atoms with van der Waals surface area (Å²) in [4.78, 5) is 10.7. The molecular weight excluding hydrogens is 170 g/mol. The molecule has 6 heteroatoms. The number of rotatable bonds is 5. The molecule has 0 saturated heterocycles. The van der Waals surface area contributed by atoms with E-state index in [9.17, 15) is 13.6 Å². The number of amides is 1. The van der Waals surface area contributed by atoms with Gasteiger partial charge in [0, 0.05) is 0 Å². The maximum atomic E-state index is 11.7. The minimum Gasteiger partial charge on any atom is -0.310 e. The standard InChI is InChI=1S/C6H12F2N2O2/c1-2-3-4(5(11)10-9)12-6(7)8/h4,6H,2-3,9H2,1H3,(H,10,11). The number of nitrogens with two attached hydrogens (primary N) is 1. The van der Waals surface area contributed by atoms with Crippen LogP contribution >= 0.6 is 0 Å². The summed E-state index contributed by atoms with van der Waals surface area (Å²) in [6.07, 6.45) is -0.349. The minimum atomic E-state index is -2.95. The van der Waals surface area contributed by atoms with Gasteiger partial charge in [-0.25, -0.2) is 5.84 Å². The normalized spacial score (nSPS) is 13.1. The van der Waals surface area contributed by atoms with Crippen LogP contribution in [0.15, 0.2) is 0 Å². The first-order valence-electron chi connectivity index (χ1n) is 3.55. The van der Waals surface area contributed by atoms with E-state index in [1.807, 2.05) is 0 Å². The van der Waals surface area contributed by atoms with E-state index in [0.29, 0.717) is 6.42 Å². The van der Waals surface area contributed by atoms with E-state index in [1.165, 1.54) is 0 Å². The van der Waals surface area contributed by atoms with Crippen molar-refractivity contribution in [3.05, 3.63) is 0 Å². The highest BCUT2D eigenvalue weighted by Gasteiger charge is 2.20. The predicted molar refractivity (Wildman–Crippen MR) is 38.1 cm³/mol. The Morgan fingerprint density at radius 1 is 1.67 bits per heavy atom. The Morgan fingerprint density at radius 2 is 2.25 bits per heavy atom. The number of hydrogen-bond acceptors (Lipinski definition) is 3. The molecule has 0 bridgehead atoms. The molecule has 0 aromatic rings. The molecule has 4 nitrogen and oxygen atoms in total. The van der Waals surface area contributed by atoms with E-state index in [1.54, 1.807) is 12.3 Å². The van der Waals surface area contributed by atoms with E-state index in [4.69, 9.17) is 5.84 Å². The van der Waals surface area contributed by atoms with Gasteiger partial charge in [0.05, 0.1) is 0 Å². The van der Waals surface area contributed by atoms with Crippen molar-refractivity contribution in [2.45, 2.75) is 32.5 Å². The van der Waals surface area contributed by atoms with Crippen molar-refractivity contribution < 1.29 is 18.3 Å². The van der Waals surface area contributed by atoms with Gasteiger partial charge in [-0.2, -0.15) is 8.78 Å². The lowest BCUT2D eigenvalue weighted by atomic mass is 10.2. The fraction of sp³-hybridized carbons (Fsp3) is 0.833. The third-order valence-electron chi connectivity index (χ3n) is 1.25. The van der Waals surface area contributed by atoms with Gasteiger partial charge in [-0.3, -0.25) is 10.2 Å². The second-order valence-electron chi connectivity index (χ2n) is 2.18. The topological polar surface area (TPSA) is 64.3 Å². The molecule has 1 atom stereocenters. The van der Waals surface area contributed by atoms with Gasteiger partial charge in [-0.15, -0.1) is 0 Å². The Kier molecular flexibility index (Phi) is 5.48. The van der Waals surface area contributed by atoms with E-state index >= 15 is 0 Å². The molecule has 1 unspecified atom stereocenters. The summed E-state index contributed by atoms with van der Waals surface area (Å²) < 4.78 is 27.3. The summed E-state index contributed by atoms with van der Waals surface area (Å²) in [5.74, 6) is 4.03. The quantitative estimate of drug-likeness (QED) is 0.367. The number of hydrazine groups is 1. The highest BCUT2D eigenvalue weighted by atomic mass is 19.3. The fourth-order valence-corrected chi connectivity index (χ4v) is 0.740. The average Bonchev–Trinajstić information content (AvgIpc) is 2.01. The molecular formula is C6H12F2N2O2. The summed E-state index contributed by atoms with van der Waals surface area (Å²) >= 11 is 0. The van der Waals surface area contributed by atoms with Crippen molar-refractivity contribution in [3.8, 4) is 0 Å². The predicted octanol–water partition coefficient (Wildman–Crippen LogP) is 0.384. The smallest absolute Gasteiger partial charge is 0.310 e. The second-order valence-corrected chi connectivity index (χ2v) is 2.18. The van der Waals surface area contributed by atoms with Gasteiger partial charge in [0.2, 0.25) is 0 Å². The van der Waals surface area contributed by atoms with Gasteiger partial charge in [-0.05, 0) is 6.42 Å². The van der Waals surface area contributed by atoms with Crippen LogP contribution in [-0.2, 0) is 9.53 Å². The van der Waals surface area contributed by atoms with E-state index in [2.05, 4.69) is 4.74 Å². The number of halogens is 2. The summed E-state index contributed by atoms with van der Waals surface area (Å²) in [7, 11) is 0. The van der Waals surface area contributed by atoms with Gasteiger partial charge in [-0.1, -0.05) is 13.3 Å². The van der Waals surface area contributed by atoms with Crippen LogP contribution in [0.3, 0.4) is 0 Å². The molecule has 0 spiro atoms. The summed E-state index contributed by atoms with van der Waals surface area (Å²) in [6, 6.07) is 0. The van der Waals surface area contributed by atoms with Crippen molar-refractivity contribution in [2.75, 3.05) is 0 Å². The van der Waals surface area contributed by atoms with Crippen molar-refractivity contribution in [2.24, 2.45) is 5.84 Å². The van der Waals surface area contributed by atoms with Gasteiger partial charge < -0.3 is 4.74 Å². The average molecular weight is 182 g/mol. The van der Waals surface area contributed by atoms with Crippen molar-refractivity contribution in [3.63, 3.8) is 0 Å². The van der Waals surface area contributed by atoms with Crippen molar-refractivity contribution in [1.82, 2.24) is 5.43 Å². The summed E-state index contributed by atoms with van der Waals surface area (Å²) in [6.45, 7) is -1.19. The second kappa shape index (κ2) is 5.84. The Hall–Kier alpha value is -0.750. The first-order valence-corrected chi connectivity index (χ1v) is 3.55. The molecule has 0 rings (SSSR count). The lowest BCUT2D eigenvalue weighted by Gasteiger charge is -2.13. The van der Waals surface area contributed by atoms with E-state index < -0.39 is 18.6 Å².